The molecular formula is C14H17NO3. The van der Waals surface area contributed by atoms with Gasteiger partial charge >= 0.3 is 0 Å². The molecule has 0 spiro atoms. The van der Waals surface area contributed by atoms with E-state index < -0.39 is 4.92 Å². The average molecular weight is 247 g/mol. The van der Waals surface area contributed by atoms with Crippen molar-refractivity contribution in [3.05, 3.63) is 39.9 Å². The highest BCUT2D eigenvalue weighted by atomic mass is 16.6. The fraction of sp³-hybridized carbons (Fsp3) is 0.571. The number of rotatable bonds is 4. The van der Waals surface area contributed by atoms with Crippen LogP contribution >= 0.6 is 0 Å². The number of hydrogen-bond donors (Lipinski definition) is 1. The van der Waals surface area contributed by atoms with Gasteiger partial charge in [0.1, 0.15) is 0 Å². The first-order chi connectivity index (χ1) is 8.66. The number of nitrogens with zero attached hydrogens (tertiary/aromatic N) is 1. The van der Waals surface area contributed by atoms with Gasteiger partial charge < -0.3 is 5.11 Å². The van der Waals surface area contributed by atoms with E-state index >= 15 is 0 Å². The summed E-state index contributed by atoms with van der Waals surface area (Å²) in [6.45, 7) is 0. The Labute approximate surface area is 106 Å². The molecule has 2 aliphatic rings. The van der Waals surface area contributed by atoms with Crippen LogP contribution in [-0.4, -0.2) is 16.1 Å². The van der Waals surface area contributed by atoms with Crippen molar-refractivity contribution in [2.75, 3.05) is 0 Å². The van der Waals surface area contributed by atoms with Gasteiger partial charge in [0.2, 0.25) is 0 Å². The van der Waals surface area contributed by atoms with Gasteiger partial charge in [0.25, 0.3) is 5.69 Å². The normalized spacial score (nSPS) is 30.8. The molecular weight excluding hydrogens is 230 g/mol. The number of nitro groups is 1. The summed E-state index contributed by atoms with van der Waals surface area (Å²) in [5.74, 6) is 1.98. The van der Waals surface area contributed by atoms with Gasteiger partial charge in [0.15, 0.2) is 0 Å². The van der Waals surface area contributed by atoms with E-state index in [-0.39, 0.29) is 11.8 Å². The smallest absolute Gasteiger partial charge is 0.269 e. The highest BCUT2D eigenvalue weighted by molar-refractivity contribution is 5.33. The van der Waals surface area contributed by atoms with Gasteiger partial charge in [-0.2, -0.15) is 0 Å². The molecule has 0 amide bonds. The summed E-state index contributed by atoms with van der Waals surface area (Å²) in [5.41, 5.74) is 1.09. The molecule has 96 valence electrons. The van der Waals surface area contributed by atoms with Crippen molar-refractivity contribution in [2.24, 2.45) is 17.8 Å². The van der Waals surface area contributed by atoms with Crippen molar-refractivity contribution < 1.29 is 10.0 Å². The first-order valence-electron chi connectivity index (χ1n) is 6.58. The lowest BCUT2D eigenvalue weighted by molar-refractivity contribution is -0.384. The Kier molecular flexibility index (Phi) is 2.82. The van der Waals surface area contributed by atoms with E-state index in [9.17, 15) is 15.2 Å². The van der Waals surface area contributed by atoms with Crippen LogP contribution < -0.4 is 0 Å². The second kappa shape index (κ2) is 4.35. The highest BCUT2D eigenvalue weighted by Gasteiger charge is 2.55. The zero-order chi connectivity index (χ0) is 12.7. The molecule has 0 saturated heterocycles. The molecule has 1 aromatic carbocycles. The molecule has 0 aliphatic heterocycles. The number of aliphatic hydroxyl groups is 1. The Morgan fingerprint density at radius 3 is 2.44 bits per heavy atom. The summed E-state index contributed by atoms with van der Waals surface area (Å²) in [7, 11) is 0. The largest absolute Gasteiger partial charge is 0.392 e. The highest BCUT2D eigenvalue weighted by Crippen LogP contribution is 2.59. The van der Waals surface area contributed by atoms with Crippen LogP contribution in [0.25, 0.3) is 0 Å². The molecule has 3 atom stereocenters. The van der Waals surface area contributed by atoms with Gasteiger partial charge in [-0.1, -0.05) is 18.6 Å². The van der Waals surface area contributed by atoms with E-state index in [1.807, 2.05) is 0 Å². The third-order valence-electron chi connectivity index (χ3n) is 4.51. The van der Waals surface area contributed by atoms with Crippen LogP contribution in [0.3, 0.4) is 0 Å². The molecule has 2 fully saturated rings. The second-order valence-electron chi connectivity index (χ2n) is 5.53. The maximum Gasteiger partial charge on any atom is 0.269 e. The number of fused-ring (bicyclic) bond motifs is 1. The molecule has 3 unspecified atom stereocenters. The molecule has 0 bridgehead atoms. The van der Waals surface area contributed by atoms with Crippen molar-refractivity contribution in [2.45, 2.75) is 31.8 Å². The number of nitro benzene ring substituents is 1. The zero-order valence-electron chi connectivity index (χ0n) is 10.2. The molecule has 0 radical (unpaired) electrons. The quantitative estimate of drug-likeness (QED) is 0.657. The fourth-order valence-corrected chi connectivity index (χ4v) is 3.58. The fourth-order valence-electron chi connectivity index (χ4n) is 3.58. The summed E-state index contributed by atoms with van der Waals surface area (Å²) in [6.07, 6.45) is 4.20. The van der Waals surface area contributed by atoms with E-state index in [1.54, 1.807) is 12.1 Å². The molecule has 0 aromatic heterocycles. The van der Waals surface area contributed by atoms with Crippen molar-refractivity contribution in [1.82, 2.24) is 0 Å². The van der Waals surface area contributed by atoms with E-state index in [2.05, 4.69) is 0 Å². The van der Waals surface area contributed by atoms with Crippen LogP contribution in [-0.2, 0) is 6.42 Å². The maximum absolute atomic E-state index is 10.5. The molecule has 3 rings (SSSR count). The van der Waals surface area contributed by atoms with Gasteiger partial charge in [-0.15, -0.1) is 0 Å². The van der Waals surface area contributed by atoms with Crippen LogP contribution in [0.4, 0.5) is 5.69 Å². The lowest BCUT2D eigenvalue weighted by Crippen LogP contribution is -2.16. The van der Waals surface area contributed by atoms with Gasteiger partial charge in [0.05, 0.1) is 11.0 Å². The van der Waals surface area contributed by atoms with Crippen LogP contribution in [0.2, 0.25) is 0 Å². The summed E-state index contributed by atoms with van der Waals surface area (Å²) in [5, 5.41) is 20.7. The Balaban J connectivity index is 1.61. The van der Waals surface area contributed by atoms with E-state index in [0.717, 1.165) is 17.4 Å². The predicted octanol–water partition coefficient (Wildman–Crippen LogP) is 2.54. The first-order valence-corrected chi connectivity index (χ1v) is 6.58. The van der Waals surface area contributed by atoms with Crippen LogP contribution in [0.1, 0.15) is 24.8 Å². The molecule has 0 heterocycles. The van der Waals surface area contributed by atoms with E-state index in [4.69, 9.17) is 0 Å². The zero-order valence-corrected chi connectivity index (χ0v) is 10.2. The summed E-state index contributed by atoms with van der Waals surface area (Å²) >= 11 is 0. The molecule has 2 aliphatic carbocycles. The van der Waals surface area contributed by atoms with Crippen molar-refractivity contribution in [3.63, 3.8) is 0 Å². The van der Waals surface area contributed by atoms with Crippen LogP contribution in [0, 0.1) is 27.9 Å². The summed E-state index contributed by atoms with van der Waals surface area (Å²) in [4.78, 5) is 10.1. The average Bonchev–Trinajstić information content (AvgIpc) is 2.84. The van der Waals surface area contributed by atoms with Crippen LogP contribution in [0.5, 0.6) is 0 Å². The standard InChI is InChI=1S/C14H17NO3/c16-13(14-11-2-1-3-12(11)14)8-9-4-6-10(7-5-9)15(17)18/h4-7,11-14,16H,1-3,8H2. The SMILES string of the molecule is O=[N+]([O-])c1ccc(CC(O)C2C3CCCC32)cc1. The number of hydrogen-bond acceptors (Lipinski definition) is 3. The number of non-ortho nitro benzene ring substituents is 1. The van der Waals surface area contributed by atoms with E-state index in [1.165, 1.54) is 31.4 Å². The van der Waals surface area contributed by atoms with Crippen molar-refractivity contribution >= 4 is 5.69 Å². The predicted molar refractivity (Wildman–Crippen MR) is 67.1 cm³/mol. The van der Waals surface area contributed by atoms with Gasteiger partial charge in [-0.05, 0) is 42.6 Å². The topological polar surface area (TPSA) is 63.4 Å². The Morgan fingerprint density at radius 2 is 1.89 bits per heavy atom. The molecule has 1 aromatic rings. The molecule has 4 heteroatoms. The molecule has 2 saturated carbocycles. The van der Waals surface area contributed by atoms with Gasteiger partial charge in [-0.25, -0.2) is 0 Å². The number of aliphatic hydroxyl groups excluding tert-OH is 1. The first kappa shape index (κ1) is 11.7. The monoisotopic (exact) mass is 247 g/mol. The van der Waals surface area contributed by atoms with Crippen molar-refractivity contribution in [1.29, 1.82) is 0 Å². The third kappa shape index (κ3) is 2.01. The molecule has 4 nitrogen and oxygen atoms in total. The summed E-state index contributed by atoms with van der Waals surface area (Å²) in [6, 6.07) is 6.52. The minimum absolute atomic E-state index is 0.108. The molecule has 18 heavy (non-hydrogen) atoms. The minimum atomic E-state index is -0.397. The minimum Gasteiger partial charge on any atom is -0.392 e. The van der Waals surface area contributed by atoms with Crippen molar-refractivity contribution in [3.8, 4) is 0 Å². The maximum atomic E-state index is 10.5. The second-order valence-corrected chi connectivity index (χ2v) is 5.53. The Bertz CT molecular complexity index is 447. The van der Waals surface area contributed by atoms with Gasteiger partial charge in [0, 0.05) is 12.1 Å². The lowest BCUT2D eigenvalue weighted by Gasteiger charge is -2.12. The van der Waals surface area contributed by atoms with Gasteiger partial charge in [-0.3, -0.25) is 10.1 Å². The summed E-state index contributed by atoms with van der Waals surface area (Å²) < 4.78 is 0. The molecule has 1 N–H and O–H groups in total. The Morgan fingerprint density at radius 1 is 1.28 bits per heavy atom. The number of benzene rings is 1. The Hall–Kier alpha value is -1.42. The third-order valence-corrected chi connectivity index (χ3v) is 4.51. The van der Waals surface area contributed by atoms with E-state index in [0.29, 0.717) is 12.3 Å². The lowest BCUT2D eigenvalue weighted by atomic mass is 9.99. The van der Waals surface area contributed by atoms with Crippen LogP contribution in [0.15, 0.2) is 24.3 Å².